The van der Waals surface area contributed by atoms with Crippen LogP contribution in [0.2, 0.25) is 0 Å². The Labute approximate surface area is 301 Å². The number of anilines is 2. The van der Waals surface area contributed by atoms with Gasteiger partial charge in [-0.3, -0.25) is 19.0 Å². The van der Waals surface area contributed by atoms with Crippen LogP contribution in [-0.2, 0) is 14.1 Å². The Kier molecular flexibility index (Phi) is 17.0. The summed E-state index contributed by atoms with van der Waals surface area (Å²) in [5.74, 6) is 0.969. The van der Waals surface area contributed by atoms with Gasteiger partial charge in [-0.2, -0.15) is 10.2 Å². The maximum absolute atomic E-state index is 13.0. The first-order valence-corrected chi connectivity index (χ1v) is 16.9. The molecule has 0 radical (unpaired) electrons. The lowest BCUT2D eigenvalue weighted by Crippen LogP contribution is -2.16. The van der Waals surface area contributed by atoms with E-state index in [1.165, 1.54) is 25.0 Å². The molecule has 0 fully saturated rings. The summed E-state index contributed by atoms with van der Waals surface area (Å²) >= 11 is 5.04. The van der Waals surface area contributed by atoms with E-state index in [0.29, 0.717) is 17.5 Å². The second kappa shape index (κ2) is 20.3. The van der Waals surface area contributed by atoms with Crippen molar-refractivity contribution in [3.8, 4) is 11.5 Å². The highest BCUT2D eigenvalue weighted by Gasteiger charge is 2.24. The Hall–Kier alpha value is -4.59. The van der Waals surface area contributed by atoms with Gasteiger partial charge in [-0.1, -0.05) is 39.8 Å². The lowest BCUT2D eigenvalue weighted by molar-refractivity contribution is 0.101. The van der Waals surface area contributed by atoms with Crippen LogP contribution in [0.1, 0.15) is 109 Å². The van der Waals surface area contributed by atoms with E-state index < -0.39 is 35.4 Å². The van der Waals surface area contributed by atoms with Crippen LogP contribution in [-0.4, -0.2) is 42.9 Å². The molecule has 0 saturated carbocycles. The molecular weight excluding hydrogens is 692 g/mol. The van der Waals surface area contributed by atoms with Crippen molar-refractivity contribution in [2.75, 3.05) is 11.1 Å². The van der Waals surface area contributed by atoms with Crippen LogP contribution >= 0.6 is 11.6 Å². The molecule has 0 aliphatic carbocycles. The number of rotatable bonds is 13. The minimum absolute atomic E-state index is 0.0911. The first-order valence-electron chi connectivity index (χ1n) is 16.5. The highest BCUT2D eigenvalue weighted by molar-refractivity contribution is 6.67. The summed E-state index contributed by atoms with van der Waals surface area (Å²) in [5.41, 5.74) is 7.45. The number of aromatic nitrogens is 4. The SMILES string of the molecule is CCC(CC)Oc1cccc(N)c1C.CCC(CC)Oc1cccc(NC(=O)c2cn(C)nc2C(F)F)c1C.Cn1cc(C(=O)Cl)c(C(F)F)n1. The van der Waals surface area contributed by atoms with Crippen LogP contribution in [0.25, 0.3) is 0 Å². The zero-order chi connectivity index (χ0) is 38.4. The van der Waals surface area contributed by atoms with E-state index in [9.17, 15) is 27.2 Å². The predicted octanol–water partition coefficient (Wildman–Crippen LogP) is 9.37. The number of carbonyl (C=O) groups is 2. The molecule has 51 heavy (non-hydrogen) atoms. The largest absolute Gasteiger partial charge is 0.490 e. The van der Waals surface area contributed by atoms with Crippen LogP contribution in [0.4, 0.5) is 28.9 Å². The first-order chi connectivity index (χ1) is 24.1. The molecule has 4 rings (SSSR count). The molecular formula is C36H47ClF4N6O4. The smallest absolute Gasteiger partial charge is 0.282 e. The van der Waals surface area contributed by atoms with E-state index >= 15 is 0 Å². The third-order valence-electron chi connectivity index (χ3n) is 7.85. The van der Waals surface area contributed by atoms with Gasteiger partial charge in [-0.25, -0.2) is 17.6 Å². The summed E-state index contributed by atoms with van der Waals surface area (Å²) in [6.07, 6.45) is 1.07. The zero-order valence-electron chi connectivity index (χ0n) is 30.1. The lowest BCUT2D eigenvalue weighted by atomic mass is 10.1. The molecule has 0 aliphatic heterocycles. The van der Waals surface area contributed by atoms with Crippen molar-refractivity contribution in [2.45, 2.75) is 92.3 Å². The van der Waals surface area contributed by atoms with Crippen molar-refractivity contribution < 1.29 is 36.6 Å². The van der Waals surface area contributed by atoms with Gasteiger partial charge in [0.25, 0.3) is 24.0 Å². The number of nitrogens with two attached hydrogens (primary N) is 1. The fraction of sp³-hybridized carbons (Fsp3) is 0.444. The standard InChI is InChI=1S/C18H23F2N3O2.C12H19NO.C6H5ClF2N2O/c1-5-12(6-2)25-15-9-7-8-14(11(15)3)21-18(24)13-10-23(4)22-16(13)17(19)20;1-4-10(5-2)14-12-8-6-7-11(13)9(12)3;1-11-2-3(5(7)12)4(10-11)6(8)9/h7-10,12,17H,5-6H2,1-4H3,(H,21,24);6-8,10H,4-5,13H2,1-3H3;2,6H,1H3. The number of carbonyl (C=O) groups excluding carboxylic acids is 2. The molecule has 15 heteroatoms. The van der Waals surface area contributed by atoms with Crippen molar-refractivity contribution in [2.24, 2.45) is 14.1 Å². The van der Waals surface area contributed by atoms with Gasteiger partial charge in [0.1, 0.15) is 22.9 Å². The number of aryl methyl sites for hydroxylation is 2. The van der Waals surface area contributed by atoms with Gasteiger partial charge in [0.2, 0.25) is 0 Å². The molecule has 3 N–H and O–H groups in total. The second-order valence-electron chi connectivity index (χ2n) is 11.5. The van der Waals surface area contributed by atoms with Crippen LogP contribution in [0.3, 0.4) is 0 Å². The topological polar surface area (TPSA) is 126 Å². The van der Waals surface area contributed by atoms with Crippen molar-refractivity contribution in [3.05, 3.63) is 82.4 Å². The monoisotopic (exact) mass is 738 g/mol. The molecule has 2 heterocycles. The van der Waals surface area contributed by atoms with E-state index in [-0.39, 0.29) is 17.2 Å². The maximum Gasteiger partial charge on any atom is 0.282 e. The van der Waals surface area contributed by atoms with Crippen LogP contribution in [0, 0.1) is 13.8 Å². The molecule has 0 bridgehead atoms. The van der Waals surface area contributed by atoms with Crippen LogP contribution < -0.4 is 20.5 Å². The molecule has 1 amide bonds. The third-order valence-corrected chi connectivity index (χ3v) is 8.06. The van der Waals surface area contributed by atoms with Crippen LogP contribution in [0.15, 0.2) is 48.8 Å². The highest BCUT2D eigenvalue weighted by atomic mass is 35.5. The van der Waals surface area contributed by atoms with E-state index in [4.69, 9.17) is 26.8 Å². The van der Waals surface area contributed by atoms with E-state index in [1.54, 1.807) is 12.1 Å². The average Bonchev–Trinajstić information content (AvgIpc) is 3.69. The Morgan fingerprint density at radius 2 is 1.20 bits per heavy atom. The molecule has 0 unspecified atom stereocenters. The van der Waals surface area contributed by atoms with Gasteiger partial charge in [-0.15, -0.1) is 0 Å². The molecule has 0 saturated heterocycles. The Morgan fingerprint density at radius 3 is 1.63 bits per heavy atom. The summed E-state index contributed by atoms with van der Waals surface area (Å²) in [5, 5.41) is 8.81. The number of nitrogens with zero attached hydrogens (tertiary/aromatic N) is 4. The Balaban J connectivity index is 0.000000292. The van der Waals surface area contributed by atoms with Crippen LogP contribution in [0.5, 0.6) is 11.5 Å². The van der Waals surface area contributed by atoms with Crippen molar-refractivity contribution in [3.63, 3.8) is 0 Å². The molecule has 2 aromatic heterocycles. The highest BCUT2D eigenvalue weighted by Crippen LogP contribution is 2.29. The first kappa shape index (κ1) is 42.6. The predicted molar refractivity (Wildman–Crippen MR) is 191 cm³/mol. The second-order valence-corrected chi connectivity index (χ2v) is 11.9. The van der Waals surface area contributed by atoms with E-state index in [0.717, 1.165) is 59.1 Å². The van der Waals surface area contributed by atoms with Gasteiger partial charge in [0.05, 0.1) is 23.3 Å². The summed E-state index contributed by atoms with van der Waals surface area (Å²) < 4.78 is 64.4. The summed E-state index contributed by atoms with van der Waals surface area (Å²) in [7, 11) is 2.94. The quantitative estimate of drug-likeness (QED) is 0.0795. The number of alkyl halides is 4. The van der Waals surface area contributed by atoms with Crippen molar-refractivity contribution >= 4 is 34.1 Å². The molecule has 0 spiro atoms. The van der Waals surface area contributed by atoms with Gasteiger partial charge < -0.3 is 20.5 Å². The third kappa shape index (κ3) is 12.3. The number of hydrogen-bond acceptors (Lipinski definition) is 7. The van der Waals surface area contributed by atoms with Gasteiger partial charge in [0, 0.05) is 49.0 Å². The van der Waals surface area contributed by atoms with Gasteiger partial charge in [0.15, 0.2) is 0 Å². The summed E-state index contributed by atoms with van der Waals surface area (Å²) in [6.45, 7) is 12.2. The van der Waals surface area contributed by atoms with E-state index in [1.807, 2.05) is 52.0 Å². The molecule has 4 aromatic rings. The minimum atomic E-state index is -2.81. The van der Waals surface area contributed by atoms with Gasteiger partial charge >= 0.3 is 0 Å². The molecule has 280 valence electrons. The molecule has 0 aliphatic rings. The number of nitrogens with one attached hydrogen (secondary N) is 1. The number of amides is 1. The summed E-state index contributed by atoms with van der Waals surface area (Å²) in [6, 6.07) is 11.1. The van der Waals surface area contributed by atoms with Gasteiger partial charge in [-0.05, 0) is 75.4 Å². The van der Waals surface area contributed by atoms with Crippen molar-refractivity contribution in [1.82, 2.24) is 19.6 Å². The Morgan fingerprint density at radius 1 is 0.765 bits per heavy atom. The molecule has 2 aromatic carbocycles. The maximum atomic E-state index is 13.0. The number of benzene rings is 2. The minimum Gasteiger partial charge on any atom is -0.490 e. The lowest BCUT2D eigenvalue weighted by Gasteiger charge is -2.19. The average molecular weight is 739 g/mol. The number of hydrogen-bond donors (Lipinski definition) is 2. The molecule has 0 atom stereocenters. The number of halogens is 5. The normalized spacial score (nSPS) is 10.9. The number of ether oxygens (including phenoxy) is 2. The fourth-order valence-corrected chi connectivity index (χ4v) is 4.90. The molecule has 10 nitrogen and oxygen atoms in total. The van der Waals surface area contributed by atoms with E-state index in [2.05, 4.69) is 29.4 Å². The van der Waals surface area contributed by atoms with Crippen molar-refractivity contribution in [1.29, 1.82) is 0 Å². The zero-order valence-corrected chi connectivity index (χ0v) is 30.9. The fourth-order valence-electron chi connectivity index (χ4n) is 4.76. The Bertz CT molecular complexity index is 1720. The number of nitrogen functional groups attached to an aromatic ring is 1. The summed E-state index contributed by atoms with van der Waals surface area (Å²) in [4.78, 5) is 23.0.